The molecule has 3 rings (SSSR count). The number of rotatable bonds is 8. The van der Waals surface area contributed by atoms with Crippen LogP contribution in [0.4, 0.5) is 0 Å². The third kappa shape index (κ3) is 5.84. The highest BCUT2D eigenvalue weighted by Gasteiger charge is 2.23. The van der Waals surface area contributed by atoms with E-state index >= 15 is 0 Å². The number of aromatic nitrogens is 2. The monoisotopic (exact) mass is 437 g/mol. The first-order chi connectivity index (χ1) is 14.2. The van der Waals surface area contributed by atoms with Gasteiger partial charge in [0, 0.05) is 23.6 Å². The predicted molar refractivity (Wildman–Crippen MR) is 106 cm³/mol. The van der Waals surface area contributed by atoms with Gasteiger partial charge in [0.1, 0.15) is 6.04 Å². The third-order valence-corrected chi connectivity index (χ3v) is 5.37. The number of nitrogens with zero attached hydrogens (tertiary/aromatic N) is 2. The Hall–Kier alpha value is -2.83. The van der Waals surface area contributed by atoms with Gasteiger partial charge >= 0.3 is 5.97 Å². The van der Waals surface area contributed by atoms with E-state index in [4.69, 9.17) is 9.63 Å². The van der Waals surface area contributed by atoms with Crippen LogP contribution in [-0.4, -0.2) is 67.5 Å². The summed E-state index contributed by atoms with van der Waals surface area (Å²) in [6.45, 7) is 1.43. The molecule has 1 atom stereocenters. The molecule has 0 spiro atoms. The average molecular weight is 437 g/mol. The minimum Gasteiger partial charge on any atom is -0.480 e. The molecule has 0 unspecified atom stereocenters. The molecule has 0 saturated carbocycles. The Kier molecular flexibility index (Phi) is 6.80. The SMILES string of the molecule is CS(=O)(=O)N[C@@H](CNC(=O)c1ccc(-c2noc(C3CCNCC3)n2)cc1)C(=O)O. The Balaban J connectivity index is 1.61. The van der Waals surface area contributed by atoms with Crippen molar-refractivity contribution in [1.82, 2.24) is 25.5 Å². The zero-order valence-electron chi connectivity index (χ0n) is 16.3. The highest BCUT2D eigenvalue weighted by atomic mass is 32.2. The van der Waals surface area contributed by atoms with Gasteiger partial charge in [0.05, 0.1) is 6.26 Å². The fraction of sp³-hybridized carbons (Fsp3) is 0.444. The molecule has 2 aromatic rings. The highest BCUT2D eigenvalue weighted by Crippen LogP contribution is 2.26. The van der Waals surface area contributed by atoms with Gasteiger partial charge < -0.3 is 20.3 Å². The molecule has 4 N–H and O–H groups in total. The Bertz CT molecular complexity index is 998. The molecule has 1 aliphatic rings. The summed E-state index contributed by atoms with van der Waals surface area (Å²) in [5.74, 6) is -0.658. The van der Waals surface area contributed by atoms with Crippen molar-refractivity contribution in [3.8, 4) is 11.4 Å². The zero-order chi connectivity index (χ0) is 21.7. The molecular weight excluding hydrogens is 414 g/mol. The molecule has 1 saturated heterocycles. The van der Waals surface area contributed by atoms with Gasteiger partial charge in [0.2, 0.25) is 21.7 Å². The van der Waals surface area contributed by atoms with Crippen LogP contribution in [-0.2, 0) is 14.8 Å². The fourth-order valence-electron chi connectivity index (χ4n) is 3.09. The maximum Gasteiger partial charge on any atom is 0.323 e. The zero-order valence-corrected chi connectivity index (χ0v) is 17.1. The molecule has 0 aliphatic carbocycles. The lowest BCUT2D eigenvalue weighted by atomic mass is 9.98. The minimum atomic E-state index is -3.73. The van der Waals surface area contributed by atoms with Crippen molar-refractivity contribution in [2.24, 2.45) is 0 Å². The lowest BCUT2D eigenvalue weighted by molar-refractivity contribution is -0.138. The van der Waals surface area contributed by atoms with Gasteiger partial charge in [-0.2, -0.15) is 9.71 Å². The van der Waals surface area contributed by atoms with Crippen molar-refractivity contribution < 1.29 is 27.6 Å². The van der Waals surface area contributed by atoms with E-state index in [0.717, 1.165) is 32.2 Å². The van der Waals surface area contributed by atoms with Gasteiger partial charge in [0.25, 0.3) is 5.91 Å². The maximum absolute atomic E-state index is 12.3. The summed E-state index contributed by atoms with van der Waals surface area (Å²) in [6.07, 6.45) is 2.72. The fourth-order valence-corrected chi connectivity index (χ4v) is 3.79. The van der Waals surface area contributed by atoms with Crippen molar-refractivity contribution in [3.63, 3.8) is 0 Å². The molecule has 11 nitrogen and oxygen atoms in total. The van der Waals surface area contributed by atoms with Gasteiger partial charge in [0.15, 0.2) is 0 Å². The number of benzene rings is 1. The molecule has 1 aromatic carbocycles. The van der Waals surface area contributed by atoms with Crippen molar-refractivity contribution in [1.29, 1.82) is 0 Å². The summed E-state index contributed by atoms with van der Waals surface area (Å²) in [5.41, 5.74) is 0.960. The molecule has 0 bridgehead atoms. The van der Waals surface area contributed by atoms with E-state index < -0.39 is 34.5 Å². The average Bonchev–Trinajstić information content (AvgIpc) is 3.21. The van der Waals surface area contributed by atoms with Crippen molar-refractivity contribution >= 4 is 21.9 Å². The van der Waals surface area contributed by atoms with Gasteiger partial charge in [-0.3, -0.25) is 9.59 Å². The number of carbonyl (C=O) groups excluding carboxylic acids is 1. The smallest absolute Gasteiger partial charge is 0.323 e. The van der Waals surface area contributed by atoms with E-state index in [1.165, 1.54) is 0 Å². The largest absolute Gasteiger partial charge is 0.480 e. The van der Waals surface area contributed by atoms with E-state index in [1.54, 1.807) is 24.3 Å². The third-order valence-electron chi connectivity index (χ3n) is 4.66. The quantitative estimate of drug-likeness (QED) is 0.443. The Labute approximate surface area is 173 Å². The molecule has 12 heteroatoms. The molecule has 0 radical (unpaired) electrons. The second-order valence-corrected chi connectivity index (χ2v) is 8.83. The number of hydrogen-bond acceptors (Lipinski definition) is 8. The lowest BCUT2D eigenvalue weighted by Crippen LogP contribution is -2.48. The summed E-state index contributed by atoms with van der Waals surface area (Å²) in [4.78, 5) is 27.9. The van der Waals surface area contributed by atoms with Crippen LogP contribution < -0.4 is 15.4 Å². The van der Waals surface area contributed by atoms with Crippen LogP contribution in [0.25, 0.3) is 11.4 Å². The van der Waals surface area contributed by atoms with E-state index in [0.29, 0.717) is 17.3 Å². The molecule has 30 heavy (non-hydrogen) atoms. The molecule has 2 heterocycles. The first-order valence-corrected chi connectivity index (χ1v) is 11.2. The van der Waals surface area contributed by atoms with E-state index in [1.807, 2.05) is 4.72 Å². The van der Waals surface area contributed by atoms with Crippen LogP contribution >= 0.6 is 0 Å². The topological polar surface area (TPSA) is 164 Å². The second kappa shape index (κ2) is 9.32. The van der Waals surface area contributed by atoms with E-state index in [9.17, 15) is 18.0 Å². The van der Waals surface area contributed by atoms with Crippen LogP contribution in [0, 0.1) is 0 Å². The molecule has 1 aromatic heterocycles. The number of aliphatic carboxylic acids is 1. The van der Waals surface area contributed by atoms with Crippen molar-refractivity contribution in [2.45, 2.75) is 24.8 Å². The Morgan fingerprint density at radius 2 is 1.93 bits per heavy atom. The number of carboxylic acids is 1. The van der Waals surface area contributed by atoms with Gasteiger partial charge in [-0.15, -0.1) is 0 Å². The van der Waals surface area contributed by atoms with Crippen molar-refractivity contribution in [2.75, 3.05) is 25.9 Å². The summed E-state index contributed by atoms with van der Waals surface area (Å²) in [6, 6.07) is 4.96. The lowest BCUT2D eigenvalue weighted by Gasteiger charge is -2.18. The van der Waals surface area contributed by atoms with Gasteiger partial charge in [-0.25, -0.2) is 8.42 Å². The van der Waals surface area contributed by atoms with Gasteiger partial charge in [-0.1, -0.05) is 17.3 Å². The first-order valence-electron chi connectivity index (χ1n) is 9.36. The van der Waals surface area contributed by atoms with E-state index in [-0.39, 0.29) is 11.5 Å². The predicted octanol–water partition coefficient (Wildman–Crippen LogP) is -0.0642. The molecule has 1 fully saturated rings. The molecule has 1 aliphatic heterocycles. The van der Waals surface area contributed by atoms with Gasteiger partial charge in [-0.05, 0) is 38.1 Å². The van der Waals surface area contributed by atoms with Crippen molar-refractivity contribution in [3.05, 3.63) is 35.7 Å². The summed E-state index contributed by atoms with van der Waals surface area (Å²) < 4.78 is 29.8. The standard InChI is InChI=1S/C18H23N5O6S/c1-30(27,28)23-14(18(25)26)10-20-16(24)12-4-2-11(3-5-12)15-21-17(29-22-15)13-6-8-19-9-7-13/h2-5,13-14,19,23H,6-10H2,1H3,(H,20,24)(H,25,26)/t14-/m0/s1. The molecule has 162 valence electrons. The molecular formula is C18H23N5O6S. The number of nitrogens with one attached hydrogen (secondary N) is 3. The first kappa shape index (κ1) is 21.9. The maximum atomic E-state index is 12.3. The number of carbonyl (C=O) groups is 2. The van der Waals surface area contributed by atoms with Crippen LogP contribution in [0.2, 0.25) is 0 Å². The van der Waals surface area contributed by atoms with E-state index in [2.05, 4.69) is 20.8 Å². The summed E-state index contributed by atoms with van der Waals surface area (Å²) in [7, 11) is -3.73. The number of hydrogen-bond donors (Lipinski definition) is 4. The van der Waals surface area contributed by atoms with Crippen LogP contribution in [0.15, 0.2) is 28.8 Å². The van der Waals surface area contributed by atoms with Crippen LogP contribution in [0.1, 0.15) is 35.0 Å². The Morgan fingerprint density at radius 3 is 2.53 bits per heavy atom. The summed E-state index contributed by atoms with van der Waals surface area (Å²) in [5, 5.41) is 18.8. The van der Waals surface area contributed by atoms with Crippen LogP contribution in [0.5, 0.6) is 0 Å². The number of piperidine rings is 1. The number of amides is 1. The molecule has 1 amide bonds. The number of carboxylic acid groups (broad SMARTS) is 1. The minimum absolute atomic E-state index is 0.236. The Morgan fingerprint density at radius 1 is 1.27 bits per heavy atom. The second-order valence-electron chi connectivity index (χ2n) is 7.05. The van der Waals surface area contributed by atoms with Crippen LogP contribution in [0.3, 0.4) is 0 Å². The number of sulfonamides is 1. The highest BCUT2D eigenvalue weighted by molar-refractivity contribution is 7.88. The normalized spacial score (nSPS) is 16.2. The summed E-state index contributed by atoms with van der Waals surface area (Å²) >= 11 is 0.